The second-order valence-electron chi connectivity index (χ2n) is 12.4. The largest absolute Gasteiger partial charge is 0.462 e. The van der Waals surface area contributed by atoms with E-state index >= 15 is 0 Å². The number of hydrogen-bond donors (Lipinski definition) is 3. The first kappa shape index (κ1) is 31.4. The van der Waals surface area contributed by atoms with Gasteiger partial charge in [0.1, 0.15) is 12.2 Å². The normalized spacial score (nSPS) is 49.6. The SMILES string of the molecule is CC1CC(N(C)C)C(O)C(OC2C(C)CC3(CO3)C(=O)C(C)C(O)C(C)C(C)OC(=O)C(C)C(O)C2C)O1. The van der Waals surface area contributed by atoms with Crippen LogP contribution in [0.1, 0.15) is 61.3 Å². The minimum Gasteiger partial charge on any atom is -0.462 e. The fraction of sp³-hybridized carbons (Fsp3) is 0.929. The zero-order chi connectivity index (χ0) is 28.7. The highest BCUT2D eigenvalue weighted by Gasteiger charge is 2.56. The minimum absolute atomic E-state index is 0.163. The Kier molecular flexibility index (Phi) is 10.0. The predicted octanol–water partition coefficient (Wildman–Crippen LogP) is 1.37. The number of carbonyl (C=O) groups is 2. The van der Waals surface area contributed by atoms with Gasteiger partial charge in [-0.3, -0.25) is 9.59 Å². The van der Waals surface area contributed by atoms with E-state index in [-0.39, 0.29) is 30.5 Å². The van der Waals surface area contributed by atoms with Crippen LogP contribution < -0.4 is 0 Å². The molecule has 0 aromatic heterocycles. The van der Waals surface area contributed by atoms with Gasteiger partial charge >= 0.3 is 5.97 Å². The smallest absolute Gasteiger partial charge is 0.311 e. The van der Waals surface area contributed by atoms with Crippen molar-refractivity contribution in [2.75, 3.05) is 20.7 Å². The number of ether oxygens (including phenoxy) is 4. The zero-order valence-corrected chi connectivity index (χ0v) is 24.4. The van der Waals surface area contributed by atoms with Crippen LogP contribution in [0.25, 0.3) is 0 Å². The number of likely N-dealkylation sites (N-methyl/N-ethyl adjacent to an activating group) is 1. The van der Waals surface area contributed by atoms with Crippen molar-refractivity contribution in [3.8, 4) is 0 Å². The first-order valence-corrected chi connectivity index (χ1v) is 14.0. The standard InChI is InChI=1S/C28H49NO9/c1-13-11-28(12-35-28)25(33)17(5)21(30)15(3)19(7)37-26(34)18(6)22(31)16(4)24(13)38-27-23(32)20(29(8)9)10-14(2)36-27/h13-24,27,30-32H,10-12H2,1-9H3. The second-order valence-corrected chi connectivity index (χ2v) is 12.4. The Bertz CT molecular complexity index is 833. The van der Waals surface area contributed by atoms with Gasteiger partial charge in [-0.1, -0.05) is 27.7 Å². The first-order valence-electron chi connectivity index (χ1n) is 14.0. The van der Waals surface area contributed by atoms with Crippen molar-refractivity contribution >= 4 is 11.8 Å². The second kappa shape index (κ2) is 12.2. The highest BCUT2D eigenvalue weighted by molar-refractivity contribution is 5.92. The molecule has 3 fully saturated rings. The molecular weight excluding hydrogens is 494 g/mol. The summed E-state index contributed by atoms with van der Waals surface area (Å²) in [4.78, 5) is 28.5. The van der Waals surface area contributed by atoms with Crippen LogP contribution in [0.3, 0.4) is 0 Å². The number of cyclic esters (lactones) is 1. The number of epoxide rings is 1. The highest BCUT2D eigenvalue weighted by atomic mass is 16.7. The van der Waals surface area contributed by atoms with Crippen LogP contribution in [0, 0.1) is 29.6 Å². The van der Waals surface area contributed by atoms with E-state index in [1.54, 1.807) is 34.6 Å². The first-order chi connectivity index (χ1) is 17.6. The van der Waals surface area contributed by atoms with Gasteiger partial charge < -0.3 is 39.2 Å². The number of ketones is 1. The van der Waals surface area contributed by atoms with Gasteiger partial charge in [-0.2, -0.15) is 0 Å². The number of carbonyl (C=O) groups excluding carboxylic acids is 2. The van der Waals surface area contributed by atoms with E-state index in [1.165, 1.54) is 0 Å². The highest BCUT2D eigenvalue weighted by Crippen LogP contribution is 2.42. The van der Waals surface area contributed by atoms with Crippen LogP contribution >= 0.6 is 0 Å². The third-order valence-corrected chi connectivity index (χ3v) is 9.17. The van der Waals surface area contributed by atoms with Crippen molar-refractivity contribution in [2.24, 2.45) is 29.6 Å². The molecule has 10 heteroatoms. The predicted molar refractivity (Wildman–Crippen MR) is 139 cm³/mol. The Balaban J connectivity index is 1.95. The van der Waals surface area contributed by atoms with E-state index in [4.69, 9.17) is 18.9 Å². The molecule has 220 valence electrons. The summed E-state index contributed by atoms with van der Waals surface area (Å²) in [7, 11) is 3.79. The molecule has 0 aromatic rings. The molecule has 3 aliphatic rings. The molecule has 0 aromatic carbocycles. The number of esters is 1. The van der Waals surface area contributed by atoms with E-state index in [9.17, 15) is 24.9 Å². The van der Waals surface area contributed by atoms with Gasteiger partial charge in [-0.05, 0) is 53.6 Å². The van der Waals surface area contributed by atoms with Crippen molar-refractivity contribution in [3.05, 3.63) is 0 Å². The number of aliphatic hydroxyl groups is 3. The fourth-order valence-electron chi connectivity index (χ4n) is 6.16. The molecule has 3 saturated heterocycles. The number of aliphatic hydroxyl groups excluding tert-OH is 3. The summed E-state index contributed by atoms with van der Waals surface area (Å²) < 4.78 is 23.8. The summed E-state index contributed by atoms with van der Waals surface area (Å²) >= 11 is 0. The number of rotatable bonds is 3. The summed E-state index contributed by atoms with van der Waals surface area (Å²) in [5, 5.41) is 33.4. The van der Waals surface area contributed by atoms with Crippen molar-refractivity contribution in [1.82, 2.24) is 4.90 Å². The maximum absolute atomic E-state index is 13.5. The van der Waals surface area contributed by atoms with Crippen LogP contribution in [0.4, 0.5) is 0 Å². The van der Waals surface area contributed by atoms with Gasteiger partial charge in [0.25, 0.3) is 0 Å². The van der Waals surface area contributed by atoms with Gasteiger partial charge in [0.15, 0.2) is 17.7 Å². The molecule has 14 atom stereocenters. The van der Waals surface area contributed by atoms with Crippen LogP contribution in [-0.4, -0.2) is 107 Å². The lowest BCUT2D eigenvalue weighted by Gasteiger charge is -2.44. The molecule has 14 unspecified atom stereocenters. The van der Waals surface area contributed by atoms with Gasteiger partial charge in [0.05, 0.1) is 36.9 Å². The summed E-state index contributed by atoms with van der Waals surface area (Å²) in [6, 6.07) is -0.183. The number of hydrogen-bond acceptors (Lipinski definition) is 10. The van der Waals surface area contributed by atoms with Crippen LogP contribution in [0.15, 0.2) is 0 Å². The van der Waals surface area contributed by atoms with E-state index in [1.807, 2.05) is 32.8 Å². The van der Waals surface area contributed by atoms with Crippen LogP contribution in [-0.2, 0) is 28.5 Å². The third kappa shape index (κ3) is 6.43. The zero-order valence-electron chi connectivity index (χ0n) is 24.4. The van der Waals surface area contributed by atoms with E-state index in [0.717, 1.165) is 0 Å². The summed E-state index contributed by atoms with van der Waals surface area (Å²) in [6.45, 7) is 12.6. The van der Waals surface area contributed by atoms with Crippen molar-refractivity contribution < 1.29 is 43.9 Å². The van der Waals surface area contributed by atoms with Gasteiger partial charge in [0.2, 0.25) is 0 Å². The summed E-state index contributed by atoms with van der Waals surface area (Å²) in [6.07, 6.45) is -4.62. The molecular formula is C28H49NO9. The van der Waals surface area contributed by atoms with Crippen molar-refractivity contribution in [3.63, 3.8) is 0 Å². The molecule has 0 saturated carbocycles. The molecule has 3 heterocycles. The van der Waals surface area contributed by atoms with E-state index in [0.29, 0.717) is 12.8 Å². The maximum atomic E-state index is 13.5. The molecule has 10 nitrogen and oxygen atoms in total. The average molecular weight is 544 g/mol. The van der Waals surface area contributed by atoms with Crippen molar-refractivity contribution in [2.45, 2.75) is 116 Å². The lowest BCUT2D eigenvalue weighted by Crippen LogP contribution is -2.56. The monoisotopic (exact) mass is 543 g/mol. The minimum atomic E-state index is -1.13. The lowest BCUT2D eigenvalue weighted by atomic mass is 9.76. The Morgan fingerprint density at radius 3 is 2.03 bits per heavy atom. The third-order valence-electron chi connectivity index (χ3n) is 9.17. The molecule has 3 aliphatic heterocycles. The molecule has 0 amide bonds. The average Bonchev–Trinajstić information content (AvgIpc) is 3.65. The Morgan fingerprint density at radius 1 is 0.895 bits per heavy atom. The van der Waals surface area contributed by atoms with Gasteiger partial charge in [-0.25, -0.2) is 0 Å². The van der Waals surface area contributed by atoms with Gasteiger partial charge in [0, 0.05) is 23.8 Å². The Labute approximate surface area is 226 Å². The lowest BCUT2D eigenvalue weighted by molar-refractivity contribution is -0.283. The number of nitrogens with zero attached hydrogens (tertiary/aromatic N) is 1. The quantitative estimate of drug-likeness (QED) is 0.353. The molecule has 0 bridgehead atoms. The summed E-state index contributed by atoms with van der Waals surface area (Å²) in [5.74, 6) is -3.76. The summed E-state index contributed by atoms with van der Waals surface area (Å²) in [5.41, 5.74) is -1.05. The molecule has 3 N–H and O–H groups in total. The van der Waals surface area contributed by atoms with Crippen LogP contribution in [0.2, 0.25) is 0 Å². The fourth-order valence-corrected chi connectivity index (χ4v) is 6.16. The van der Waals surface area contributed by atoms with Crippen LogP contribution in [0.5, 0.6) is 0 Å². The Morgan fingerprint density at radius 2 is 1.47 bits per heavy atom. The van der Waals surface area contributed by atoms with E-state index in [2.05, 4.69) is 0 Å². The van der Waals surface area contributed by atoms with E-state index < -0.39 is 72.1 Å². The number of Topliss-reactive ketones (excluding diaryl/α,β-unsaturated/α-hetero) is 1. The molecule has 38 heavy (non-hydrogen) atoms. The Hall–Kier alpha value is -1.14. The molecule has 3 rings (SSSR count). The molecule has 0 radical (unpaired) electrons. The van der Waals surface area contributed by atoms with Crippen molar-refractivity contribution in [1.29, 1.82) is 0 Å². The molecule has 1 spiro atoms. The maximum Gasteiger partial charge on any atom is 0.311 e. The topological polar surface area (TPSA) is 138 Å². The van der Waals surface area contributed by atoms with Gasteiger partial charge in [-0.15, -0.1) is 0 Å². The molecule has 0 aliphatic carbocycles.